The van der Waals surface area contributed by atoms with Crippen molar-refractivity contribution < 1.29 is 23.0 Å². The average Bonchev–Trinajstić information content (AvgIpc) is 2.51. The van der Waals surface area contributed by atoms with Gasteiger partial charge >= 0.3 is 0 Å². The molecule has 0 aliphatic heterocycles. The molecule has 6 heteroatoms. The minimum Gasteiger partial charge on any atom is -0.489 e. The summed E-state index contributed by atoms with van der Waals surface area (Å²) in [6, 6.07) is 11.5. The van der Waals surface area contributed by atoms with Crippen LogP contribution >= 0.6 is 0 Å². The Hall–Kier alpha value is -2.63. The Labute approximate surface area is 126 Å². The van der Waals surface area contributed by atoms with Gasteiger partial charge in [0, 0.05) is 6.07 Å². The molecule has 0 spiro atoms. The second-order valence-electron chi connectivity index (χ2n) is 4.37. The van der Waals surface area contributed by atoms with Crippen molar-refractivity contribution in [3.63, 3.8) is 0 Å². The molecule has 0 aromatic heterocycles. The van der Waals surface area contributed by atoms with Crippen LogP contribution in [0.4, 0.5) is 8.78 Å². The first kappa shape index (κ1) is 15.8. The fraction of sp³-hybridized carbons (Fsp3) is 0.188. The summed E-state index contributed by atoms with van der Waals surface area (Å²) in [6.07, 6.45) is 0. The topological polar surface area (TPSA) is 47.6 Å². The number of carbonyl (C=O) groups is 1. The molecule has 0 saturated heterocycles. The number of ether oxygens (including phenoxy) is 2. The van der Waals surface area contributed by atoms with Crippen LogP contribution in [0, 0.1) is 11.6 Å². The molecule has 2 aromatic carbocycles. The smallest absolute Gasteiger partial charge is 0.258 e. The Morgan fingerprint density at radius 1 is 1.05 bits per heavy atom. The van der Waals surface area contributed by atoms with Crippen molar-refractivity contribution >= 4 is 5.91 Å². The van der Waals surface area contributed by atoms with E-state index in [0.717, 1.165) is 0 Å². The van der Waals surface area contributed by atoms with Gasteiger partial charge in [0.15, 0.2) is 18.2 Å². The van der Waals surface area contributed by atoms with Gasteiger partial charge in [-0.15, -0.1) is 0 Å². The first-order valence-corrected chi connectivity index (χ1v) is 6.67. The number of amides is 1. The van der Waals surface area contributed by atoms with Crippen molar-refractivity contribution in [3.05, 3.63) is 60.2 Å². The molecule has 4 nitrogen and oxygen atoms in total. The molecule has 2 aromatic rings. The molecule has 0 unspecified atom stereocenters. The lowest BCUT2D eigenvalue weighted by molar-refractivity contribution is -0.123. The lowest BCUT2D eigenvalue weighted by Crippen LogP contribution is -2.32. The zero-order valence-electron chi connectivity index (χ0n) is 11.7. The first-order valence-electron chi connectivity index (χ1n) is 6.67. The molecule has 1 amide bonds. The molecule has 1 N–H and O–H groups in total. The third-order valence-corrected chi connectivity index (χ3v) is 2.68. The van der Waals surface area contributed by atoms with Gasteiger partial charge in [-0.05, 0) is 24.3 Å². The van der Waals surface area contributed by atoms with Crippen LogP contribution in [-0.2, 0) is 4.79 Å². The zero-order chi connectivity index (χ0) is 15.8. The largest absolute Gasteiger partial charge is 0.489 e. The van der Waals surface area contributed by atoms with Crippen molar-refractivity contribution in [2.45, 2.75) is 0 Å². The Balaban J connectivity index is 1.65. The normalized spacial score (nSPS) is 10.1. The van der Waals surface area contributed by atoms with Gasteiger partial charge in [0.05, 0.1) is 6.54 Å². The fourth-order valence-electron chi connectivity index (χ4n) is 1.67. The number of rotatable bonds is 7. The summed E-state index contributed by atoms with van der Waals surface area (Å²) in [5.41, 5.74) is 0. The maximum atomic E-state index is 13.3. The molecule has 0 fully saturated rings. The van der Waals surface area contributed by atoms with Crippen LogP contribution in [0.3, 0.4) is 0 Å². The van der Waals surface area contributed by atoms with E-state index in [1.54, 1.807) is 18.2 Å². The minimum atomic E-state index is -0.455. The molecule has 0 atom stereocenters. The van der Waals surface area contributed by atoms with Crippen molar-refractivity contribution in [2.75, 3.05) is 19.8 Å². The van der Waals surface area contributed by atoms with Crippen LogP contribution in [-0.4, -0.2) is 25.7 Å². The molecular formula is C16H15F2NO3. The summed E-state index contributed by atoms with van der Waals surface area (Å²) in [5.74, 6) is -0.855. The van der Waals surface area contributed by atoms with Gasteiger partial charge in [0.1, 0.15) is 18.2 Å². The fourth-order valence-corrected chi connectivity index (χ4v) is 1.67. The number of hydrogen-bond donors (Lipinski definition) is 1. The number of nitrogens with one attached hydrogen (secondary N) is 1. The average molecular weight is 307 g/mol. The molecule has 0 aliphatic carbocycles. The predicted octanol–water partition coefficient (Wildman–Crippen LogP) is 2.54. The molecule has 0 aliphatic rings. The predicted molar refractivity (Wildman–Crippen MR) is 76.8 cm³/mol. The van der Waals surface area contributed by atoms with E-state index in [9.17, 15) is 13.6 Å². The standard InChI is InChI=1S/C16H15F2NO3/c17-12-4-3-5-13(10-12)22-11-16(20)19-8-9-21-15-7-2-1-6-14(15)18/h1-7,10H,8-9,11H2,(H,19,20). The summed E-state index contributed by atoms with van der Waals surface area (Å²) in [5, 5.41) is 2.55. The first-order chi connectivity index (χ1) is 10.6. The Morgan fingerprint density at radius 2 is 1.86 bits per heavy atom. The highest BCUT2D eigenvalue weighted by Gasteiger charge is 2.04. The van der Waals surface area contributed by atoms with Gasteiger partial charge in [0.2, 0.25) is 0 Å². The van der Waals surface area contributed by atoms with E-state index >= 15 is 0 Å². The van der Waals surface area contributed by atoms with E-state index in [1.807, 2.05) is 0 Å². The van der Waals surface area contributed by atoms with Crippen LogP contribution in [0.1, 0.15) is 0 Å². The van der Waals surface area contributed by atoms with Gasteiger partial charge in [-0.2, -0.15) is 0 Å². The third-order valence-electron chi connectivity index (χ3n) is 2.68. The van der Waals surface area contributed by atoms with E-state index in [-0.39, 0.29) is 37.2 Å². The van der Waals surface area contributed by atoms with Crippen LogP contribution in [0.15, 0.2) is 48.5 Å². The molecular weight excluding hydrogens is 292 g/mol. The lowest BCUT2D eigenvalue weighted by atomic mass is 10.3. The third kappa shape index (κ3) is 5.05. The number of carbonyl (C=O) groups excluding carboxylic acids is 1. The van der Waals surface area contributed by atoms with Crippen molar-refractivity contribution in [2.24, 2.45) is 0 Å². The number of para-hydroxylation sites is 1. The summed E-state index contributed by atoms with van der Waals surface area (Å²) < 4.78 is 36.5. The van der Waals surface area contributed by atoms with E-state index in [0.29, 0.717) is 0 Å². The Morgan fingerprint density at radius 3 is 2.64 bits per heavy atom. The number of benzene rings is 2. The second-order valence-corrected chi connectivity index (χ2v) is 4.37. The monoisotopic (exact) mass is 307 g/mol. The highest BCUT2D eigenvalue weighted by atomic mass is 19.1. The summed E-state index contributed by atoms with van der Waals surface area (Å²) >= 11 is 0. The Kier molecular flexibility index (Phi) is 5.71. The van der Waals surface area contributed by atoms with Crippen molar-refractivity contribution in [1.82, 2.24) is 5.32 Å². The summed E-state index contributed by atoms with van der Waals surface area (Å²) in [7, 11) is 0. The minimum absolute atomic E-state index is 0.132. The van der Waals surface area contributed by atoms with Crippen LogP contribution in [0.2, 0.25) is 0 Å². The Bertz CT molecular complexity index is 634. The van der Waals surface area contributed by atoms with Gasteiger partial charge in [-0.1, -0.05) is 18.2 Å². The van der Waals surface area contributed by atoms with Crippen molar-refractivity contribution in [1.29, 1.82) is 0 Å². The highest BCUT2D eigenvalue weighted by Crippen LogP contribution is 2.14. The molecule has 0 bridgehead atoms. The molecule has 22 heavy (non-hydrogen) atoms. The van der Waals surface area contributed by atoms with Gasteiger partial charge in [-0.3, -0.25) is 4.79 Å². The second kappa shape index (κ2) is 7.97. The SMILES string of the molecule is O=C(COc1cccc(F)c1)NCCOc1ccccc1F. The summed E-state index contributed by atoms with van der Waals surface area (Å²) in [6.45, 7) is 0.107. The van der Waals surface area contributed by atoms with Gasteiger partial charge < -0.3 is 14.8 Å². The van der Waals surface area contributed by atoms with Crippen LogP contribution in [0.25, 0.3) is 0 Å². The van der Waals surface area contributed by atoms with E-state index in [2.05, 4.69) is 5.32 Å². The lowest BCUT2D eigenvalue weighted by Gasteiger charge is -2.09. The highest BCUT2D eigenvalue weighted by molar-refractivity contribution is 5.77. The van der Waals surface area contributed by atoms with Crippen molar-refractivity contribution in [3.8, 4) is 11.5 Å². The van der Waals surface area contributed by atoms with E-state index < -0.39 is 11.6 Å². The van der Waals surface area contributed by atoms with Gasteiger partial charge in [0.25, 0.3) is 5.91 Å². The number of hydrogen-bond acceptors (Lipinski definition) is 3. The summed E-state index contributed by atoms with van der Waals surface area (Å²) in [4.78, 5) is 11.5. The molecule has 0 saturated carbocycles. The molecule has 2 rings (SSSR count). The van der Waals surface area contributed by atoms with Crippen LogP contribution < -0.4 is 14.8 Å². The zero-order valence-corrected chi connectivity index (χ0v) is 11.7. The number of halogens is 2. The maximum absolute atomic E-state index is 13.3. The maximum Gasteiger partial charge on any atom is 0.258 e. The quantitative estimate of drug-likeness (QED) is 0.800. The molecule has 116 valence electrons. The van der Waals surface area contributed by atoms with E-state index in [1.165, 1.54) is 30.3 Å². The molecule has 0 radical (unpaired) electrons. The van der Waals surface area contributed by atoms with Gasteiger partial charge in [-0.25, -0.2) is 8.78 Å². The molecule has 0 heterocycles. The van der Waals surface area contributed by atoms with Crippen LogP contribution in [0.5, 0.6) is 11.5 Å². The van der Waals surface area contributed by atoms with E-state index in [4.69, 9.17) is 9.47 Å².